The Kier molecular flexibility index (Phi) is 5.25. The maximum absolute atomic E-state index is 12.7. The van der Waals surface area contributed by atoms with Crippen LogP contribution in [0.5, 0.6) is 0 Å². The first kappa shape index (κ1) is 18.7. The van der Waals surface area contributed by atoms with E-state index in [1.165, 1.54) is 0 Å². The van der Waals surface area contributed by atoms with Gasteiger partial charge >= 0.3 is 5.97 Å². The number of benzene rings is 3. The summed E-state index contributed by atoms with van der Waals surface area (Å²) in [6.45, 7) is 2.04. The van der Waals surface area contributed by atoms with Gasteiger partial charge < -0.3 is 9.47 Å². The normalized spacial score (nSPS) is 16.2. The molecule has 0 N–H and O–H groups in total. The second-order valence-corrected chi connectivity index (χ2v) is 6.58. The highest BCUT2D eigenvalue weighted by molar-refractivity contribution is 6.44. The van der Waals surface area contributed by atoms with Gasteiger partial charge in [-0.1, -0.05) is 91.0 Å². The number of ether oxygens (including phenoxy) is 2. The van der Waals surface area contributed by atoms with Crippen molar-refractivity contribution in [2.75, 3.05) is 6.61 Å². The molecule has 1 aliphatic heterocycles. The number of carbonyl (C=O) groups is 1. The molecule has 1 heterocycles. The van der Waals surface area contributed by atoms with E-state index in [1.54, 1.807) is 6.92 Å². The van der Waals surface area contributed by atoms with Crippen molar-refractivity contribution in [2.24, 2.45) is 4.99 Å². The summed E-state index contributed by atoms with van der Waals surface area (Å²) in [6.07, 6.45) is 1.82. The number of nitrogens with zero attached hydrogens (tertiary/aromatic N) is 1. The first-order valence-electron chi connectivity index (χ1n) is 9.57. The number of hydrogen-bond donors (Lipinski definition) is 0. The van der Waals surface area contributed by atoms with Gasteiger partial charge in [-0.25, -0.2) is 9.79 Å². The van der Waals surface area contributed by atoms with Crippen molar-refractivity contribution < 1.29 is 14.3 Å². The lowest BCUT2D eigenvalue weighted by atomic mass is 9.95. The van der Waals surface area contributed by atoms with E-state index in [9.17, 15) is 4.79 Å². The first-order chi connectivity index (χ1) is 14.2. The number of rotatable bonds is 5. The van der Waals surface area contributed by atoms with Gasteiger partial charge in [-0.3, -0.25) is 0 Å². The third-order valence-electron chi connectivity index (χ3n) is 4.66. The fraction of sp³-hybridized carbons (Fsp3) is 0.120. The van der Waals surface area contributed by atoms with Gasteiger partial charge in [0.25, 0.3) is 5.72 Å². The Hall–Kier alpha value is -3.66. The zero-order valence-corrected chi connectivity index (χ0v) is 16.1. The van der Waals surface area contributed by atoms with Crippen LogP contribution in [-0.4, -0.2) is 18.3 Å². The van der Waals surface area contributed by atoms with Gasteiger partial charge in [0.1, 0.15) is 0 Å². The first-order valence-corrected chi connectivity index (χ1v) is 9.57. The molecule has 0 spiro atoms. The molecule has 0 saturated heterocycles. The molecule has 0 amide bonds. The molecule has 3 aromatic rings. The van der Waals surface area contributed by atoms with Gasteiger partial charge in [0.2, 0.25) is 0 Å². The van der Waals surface area contributed by atoms with Gasteiger partial charge in [0, 0.05) is 11.1 Å². The van der Waals surface area contributed by atoms with Crippen LogP contribution >= 0.6 is 0 Å². The monoisotopic (exact) mass is 383 g/mol. The Bertz CT molecular complexity index is 1000. The largest absolute Gasteiger partial charge is 0.461 e. The van der Waals surface area contributed by atoms with Crippen molar-refractivity contribution in [2.45, 2.75) is 12.6 Å². The van der Waals surface area contributed by atoms with Crippen LogP contribution in [0.4, 0.5) is 0 Å². The zero-order chi connectivity index (χ0) is 20.1. The van der Waals surface area contributed by atoms with E-state index in [1.807, 2.05) is 97.1 Å². The highest BCUT2D eigenvalue weighted by atomic mass is 16.6. The minimum atomic E-state index is -1.15. The van der Waals surface area contributed by atoms with Crippen LogP contribution < -0.4 is 0 Å². The molecular weight excluding hydrogens is 362 g/mol. The molecule has 0 saturated carbocycles. The summed E-state index contributed by atoms with van der Waals surface area (Å²) in [5.41, 5.74) is 1.62. The summed E-state index contributed by atoms with van der Waals surface area (Å²) in [4.78, 5) is 17.5. The van der Waals surface area contributed by atoms with Crippen LogP contribution in [0.1, 0.15) is 23.6 Å². The molecule has 3 aromatic carbocycles. The molecule has 4 nitrogen and oxygen atoms in total. The Morgan fingerprint density at radius 3 is 1.93 bits per heavy atom. The minimum absolute atomic E-state index is 0.184. The Morgan fingerprint density at radius 2 is 1.41 bits per heavy atom. The maximum atomic E-state index is 12.7. The van der Waals surface area contributed by atoms with Crippen molar-refractivity contribution in [3.05, 3.63) is 113 Å². The third kappa shape index (κ3) is 3.69. The summed E-state index contributed by atoms with van der Waals surface area (Å²) >= 11 is 0. The van der Waals surface area contributed by atoms with E-state index in [4.69, 9.17) is 14.5 Å². The topological polar surface area (TPSA) is 47.9 Å². The fourth-order valence-corrected chi connectivity index (χ4v) is 3.33. The number of aliphatic imine (C=N–C) groups is 1. The quantitative estimate of drug-likeness (QED) is 0.585. The standard InChI is InChI=1S/C25H21NO3/c1-2-28-24(27)23-22(18-19-12-6-3-7-13-19)29-25(26-23,20-14-8-4-9-15-20)21-16-10-5-11-17-21/h3-18H,2H2,1H3/b22-18-. The average Bonchev–Trinajstić information content (AvgIpc) is 3.16. The smallest absolute Gasteiger partial charge is 0.360 e. The van der Waals surface area contributed by atoms with Crippen LogP contribution in [0.3, 0.4) is 0 Å². The van der Waals surface area contributed by atoms with Crippen LogP contribution in [0.25, 0.3) is 6.08 Å². The van der Waals surface area contributed by atoms with Crippen molar-refractivity contribution in [3.8, 4) is 0 Å². The molecular formula is C25H21NO3. The van der Waals surface area contributed by atoms with Gasteiger partial charge in [-0.2, -0.15) is 0 Å². The molecule has 4 heteroatoms. The molecule has 0 radical (unpaired) electrons. The summed E-state index contributed by atoms with van der Waals surface area (Å²) < 4.78 is 11.7. The van der Waals surface area contributed by atoms with E-state index < -0.39 is 11.7 Å². The molecule has 29 heavy (non-hydrogen) atoms. The summed E-state index contributed by atoms with van der Waals surface area (Å²) in [7, 11) is 0. The molecule has 0 aliphatic carbocycles. The fourth-order valence-electron chi connectivity index (χ4n) is 3.33. The molecule has 0 unspecified atom stereocenters. The highest BCUT2D eigenvalue weighted by Gasteiger charge is 2.45. The second kappa shape index (κ2) is 8.15. The van der Waals surface area contributed by atoms with Crippen LogP contribution in [-0.2, 0) is 20.0 Å². The van der Waals surface area contributed by atoms with Crippen molar-refractivity contribution >= 4 is 17.8 Å². The van der Waals surface area contributed by atoms with Gasteiger partial charge in [0.05, 0.1) is 6.61 Å². The van der Waals surface area contributed by atoms with E-state index in [0.717, 1.165) is 16.7 Å². The van der Waals surface area contributed by atoms with E-state index >= 15 is 0 Å². The number of esters is 1. The van der Waals surface area contributed by atoms with Crippen molar-refractivity contribution in [1.29, 1.82) is 0 Å². The van der Waals surface area contributed by atoms with Gasteiger partial charge in [-0.05, 0) is 18.6 Å². The third-order valence-corrected chi connectivity index (χ3v) is 4.66. The Labute approximate surface area is 170 Å². The number of hydrogen-bond acceptors (Lipinski definition) is 4. The molecule has 4 rings (SSSR count). The van der Waals surface area contributed by atoms with E-state index in [-0.39, 0.29) is 12.3 Å². The summed E-state index contributed by atoms with van der Waals surface area (Å²) in [5, 5.41) is 0. The molecule has 1 aliphatic rings. The van der Waals surface area contributed by atoms with Crippen molar-refractivity contribution in [3.63, 3.8) is 0 Å². The van der Waals surface area contributed by atoms with Crippen LogP contribution in [0.15, 0.2) is 102 Å². The van der Waals surface area contributed by atoms with E-state index in [0.29, 0.717) is 5.76 Å². The Balaban J connectivity index is 1.90. The summed E-state index contributed by atoms with van der Waals surface area (Å²) in [5.74, 6) is -0.106. The molecule has 0 atom stereocenters. The lowest BCUT2D eigenvalue weighted by Gasteiger charge is -2.27. The predicted molar refractivity (Wildman–Crippen MR) is 113 cm³/mol. The molecule has 144 valence electrons. The average molecular weight is 383 g/mol. The van der Waals surface area contributed by atoms with Crippen molar-refractivity contribution in [1.82, 2.24) is 0 Å². The number of carbonyl (C=O) groups excluding carboxylic acids is 1. The van der Waals surface area contributed by atoms with Crippen LogP contribution in [0, 0.1) is 0 Å². The predicted octanol–water partition coefficient (Wildman–Crippen LogP) is 4.96. The molecule has 0 fully saturated rings. The maximum Gasteiger partial charge on any atom is 0.360 e. The van der Waals surface area contributed by atoms with E-state index in [2.05, 4.69) is 0 Å². The van der Waals surface area contributed by atoms with Gasteiger partial charge in [-0.15, -0.1) is 0 Å². The zero-order valence-electron chi connectivity index (χ0n) is 16.1. The second-order valence-electron chi connectivity index (χ2n) is 6.58. The summed E-state index contributed by atoms with van der Waals surface area (Å²) in [6, 6.07) is 29.1. The molecule has 0 aromatic heterocycles. The van der Waals surface area contributed by atoms with Gasteiger partial charge in [0.15, 0.2) is 11.5 Å². The SMILES string of the molecule is CCOC(=O)C1=NC(c2ccccc2)(c2ccccc2)O/C1=C\c1ccccc1. The molecule has 0 bridgehead atoms. The lowest BCUT2D eigenvalue weighted by Crippen LogP contribution is -2.25. The van der Waals surface area contributed by atoms with Crippen LogP contribution in [0.2, 0.25) is 0 Å². The lowest BCUT2D eigenvalue weighted by molar-refractivity contribution is -0.135. The Morgan fingerprint density at radius 1 is 0.897 bits per heavy atom. The highest BCUT2D eigenvalue weighted by Crippen LogP contribution is 2.42. The minimum Gasteiger partial charge on any atom is -0.461 e.